The van der Waals surface area contributed by atoms with Crippen LogP contribution in [0.4, 0.5) is 0 Å². The summed E-state index contributed by atoms with van der Waals surface area (Å²) in [6.45, 7) is 0. The minimum absolute atomic E-state index is 0.0951. The summed E-state index contributed by atoms with van der Waals surface area (Å²) in [5, 5.41) is 18.6. The van der Waals surface area contributed by atoms with Crippen LogP contribution < -0.4 is 4.72 Å². The molecule has 21 heavy (non-hydrogen) atoms. The summed E-state index contributed by atoms with van der Waals surface area (Å²) in [5.41, 5.74) is -0.0951. The Morgan fingerprint density at radius 2 is 2.05 bits per heavy atom. The van der Waals surface area contributed by atoms with Gasteiger partial charge in [-0.05, 0) is 59.8 Å². The predicted octanol–water partition coefficient (Wildman–Crippen LogP) is 1.73. The lowest BCUT2D eigenvalue weighted by molar-refractivity contribution is 0.0696. The second-order valence-corrected chi connectivity index (χ2v) is 7.63. The highest BCUT2D eigenvalue weighted by Gasteiger charge is 2.27. The first kappa shape index (κ1) is 16.4. The number of hydrogen-bond donors (Lipinski definition) is 3. The Balaban J connectivity index is 2.26. The third kappa shape index (κ3) is 4.03. The van der Waals surface area contributed by atoms with Crippen molar-refractivity contribution in [2.24, 2.45) is 0 Å². The fourth-order valence-electron chi connectivity index (χ4n) is 2.40. The molecule has 0 spiro atoms. The number of carboxylic acid groups (broad SMARTS) is 1. The summed E-state index contributed by atoms with van der Waals surface area (Å²) in [5.74, 6) is -1.19. The van der Waals surface area contributed by atoms with E-state index in [1.54, 1.807) is 0 Å². The van der Waals surface area contributed by atoms with E-state index in [0.29, 0.717) is 23.7 Å². The van der Waals surface area contributed by atoms with Gasteiger partial charge in [-0.15, -0.1) is 0 Å². The molecule has 8 heteroatoms. The summed E-state index contributed by atoms with van der Waals surface area (Å²) < 4.78 is 27.6. The van der Waals surface area contributed by atoms with Crippen LogP contribution in [0.5, 0.6) is 0 Å². The van der Waals surface area contributed by atoms with E-state index in [-0.39, 0.29) is 16.5 Å². The Bertz CT molecular complexity index is 646. The monoisotopic (exact) mass is 377 g/mol. The number of rotatable bonds is 4. The number of benzene rings is 1. The SMILES string of the molecule is O=C(O)c1ccc(Br)c(S(=O)(=O)NC2CCCC(O)C2)c1. The van der Waals surface area contributed by atoms with Crippen molar-refractivity contribution in [2.45, 2.75) is 42.7 Å². The molecule has 0 heterocycles. The zero-order chi connectivity index (χ0) is 15.6. The Labute approximate surface area is 131 Å². The third-order valence-electron chi connectivity index (χ3n) is 3.44. The van der Waals surface area contributed by atoms with E-state index in [2.05, 4.69) is 20.7 Å². The Morgan fingerprint density at radius 1 is 1.33 bits per heavy atom. The van der Waals surface area contributed by atoms with Gasteiger partial charge in [0.1, 0.15) is 0 Å². The van der Waals surface area contributed by atoms with Gasteiger partial charge in [-0.3, -0.25) is 0 Å². The molecular formula is C13H16BrNO5S. The smallest absolute Gasteiger partial charge is 0.335 e. The average Bonchev–Trinajstić information content (AvgIpc) is 2.38. The average molecular weight is 378 g/mol. The molecule has 3 N–H and O–H groups in total. The van der Waals surface area contributed by atoms with Crippen LogP contribution in [0.2, 0.25) is 0 Å². The number of carbonyl (C=O) groups is 1. The summed E-state index contributed by atoms with van der Waals surface area (Å²) in [6.07, 6.45) is 1.96. The highest BCUT2D eigenvalue weighted by molar-refractivity contribution is 9.10. The number of hydrogen-bond acceptors (Lipinski definition) is 4. The highest BCUT2D eigenvalue weighted by Crippen LogP contribution is 2.25. The molecule has 1 aromatic carbocycles. The first-order valence-corrected chi connectivity index (χ1v) is 8.80. The van der Waals surface area contributed by atoms with Gasteiger partial charge in [-0.25, -0.2) is 17.9 Å². The van der Waals surface area contributed by atoms with Gasteiger partial charge in [0.05, 0.1) is 16.6 Å². The van der Waals surface area contributed by atoms with E-state index in [0.717, 1.165) is 12.5 Å². The molecule has 2 rings (SSSR count). The first-order chi connectivity index (χ1) is 9.79. The van der Waals surface area contributed by atoms with E-state index in [1.165, 1.54) is 12.1 Å². The van der Waals surface area contributed by atoms with E-state index in [9.17, 15) is 18.3 Å². The maximum Gasteiger partial charge on any atom is 0.335 e. The number of aliphatic hydroxyl groups is 1. The zero-order valence-electron chi connectivity index (χ0n) is 11.1. The Hall–Kier alpha value is -0.960. The quantitative estimate of drug-likeness (QED) is 0.740. The molecule has 1 aromatic rings. The van der Waals surface area contributed by atoms with E-state index >= 15 is 0 Å². The topological polar surface area (TPSA) is 104 Å². The number of nitrogens with one attached hydrogen (secondary N) is 1. The van der Waals surface area contributed by atoms with Crippen molar-refractivity contribution in [3.8, 4) is 0 Å². The largest absolute Gasteiger partial charge is 0.478 e. The lowest BCUT2D eigenvalue weighted by Crippen LogP contribution is -2.39. The van der Waals surface area contributed by atoms with Gasteiger partial charge in [-0.1, -0.05) is 0 Å². The van der Waals surface area contributed by atoms with Crippen molar-refractivity contribution >= 4 is 31.9 Å². The van der Waals surface area contributed by atoms with Crippen LogP contribution in [-0.4, -0.2) is 36.7 Å². The van der Waals surface area contributed by atoms with Crippen LogP contribution in [0.25, 0.3) is 0 Å². The molecule has 116 valence electrons. The molecule has 0 amide bonds. The molecule has 0 aromatic heterocycles. The fraction of sp³-hybridized carbons (Fsp3) is 0.462. The highest BCUT2D eigenvalue weighted by atomic mass is 79.9. The molecule has 2 unspecified atom stereocenters. The van der Waals surface area contributed by atoms with Gasteiger partial charge in [0, 0.05) is 10.5 Å². The lowest BCUT2D eigenvalue weighted by atomic mass is 9.94. The predicted molar refractivity (Wildman–Crippen MR) is 79.7 cm³/mol. The van der Waals surface area contributed by atoms with Gasteiger partial charge in [0.2, 0.25) is 10.0 Å². The number of aromatic carboxylic acids is 1. The van der Waals surface area contributed by atoms with Gasteiger partial charge in [0.15, 0.2) is 0 Å². The van der Waals surface area contributed by atoms with Crippen molar-refractivity contribution < 1.29 is 23.4 Å². The Kier molecular flexibility index (Phi) is 5.03. The fourth-order valence-corrected chi connectivity index (χ4v) is 4.67. The number of halogens is 1. The maximum atomic E-state index is 12.4. The van der Waals surface area contributed by atoms with Crippen molar-refractivity contribution in [3.63, 3.8) is 0 Å². The summed E-state index contributed by atoms with van der Waals surface area (Å²) >= 11 is 3.13. The van der Waals surface area contributed by atoms with Crippen molar-refractivity contribution in [2.75, 3.05) is 0 Å². The van der Waals surface area contributed by atoms with Gasteiger partial charge in [0.25, 0.3) is 0 Å². The van der Waals surface area contributed by atoms with E-state index in [1.807, 2.05) is 0 Å². The van der Waals surface area contributed by atoms with E-state index < -0.39 is 22.1 Å². The Morgan fingerprint density at radius 3 is 2.67 bits per heavy atom. The van der Waals surface area contributed by atoms with Crippen LogP contribution in [-0.2, 0) is 10.0 Å². The molecule has 1 fully saturated rings. The standard InChI is InChI=1S/C13H16BrNO5S/c14-11-5-4-8(13(17)18)6-12(11)21(19,20)15-9-2-1-3-10(16)7-9/h4-6,9-10,15-16H,1-3,7H2,(H,17,18). The second-order valence-electron chi connectivity index (χ2n) is 5.09. The van der Waals surface area contributed by atoms with E-state index in [4.69, 9.17) is 5.11 Å². The van der Waals surface area contributed by atoms with Crippen molar-refractivity contribution in [1.29, 1.82) is 0 Å². The number of aliphatic hydroxyl groups excluding tert-OH is 1. The normalized spacial score (nSPS) is 23.0. The molecule has 0 bridgehead atoms. The number of sulfonamides is 1. The maximum absolute atomic E-state index is 12.4. The molecule has 6 nitrogen and oxygen atoms in total. The van der Waals surface area contributed by atoms with Crippen LogP contribution in [0.1, 0.15) is 36.0 Å². The van der Waals surface area contributed by atoms with Gasteiger partial charge >= 0.3 is 5.97 Å². The van der Waals surface area contributed by atoms with Crippen LogP contribution in [0.3, 0.4) is 0 Å². The van der Waals surface area contributed by atoms with Gasteiger partial charge < -0.3 is 10.2 Å². The van der Waals surface area contributed by atoms with Crippen molar-refractivity contribution in [1.82, 2.24) is 4.72 Å². The molecule has 1 aliphatic rings. The summed E-state index contributed by atoms with van der Waals surface area (Å²) in [6, 6.07) is 3.51. The molecule has 1 aliphatic carbocycles. The minimum atomic E-state index is -3.84. The van der Waals surface area contributed by atoms with Crippen molar-refractivity contribution in [3.05, 3.63) is 28.2 Å². The minimum Gasteiger partial charge on any atom is -0.478 e. The third-order valence-corrected chi connectivity index (χ3v) is 5.95. The van der Waals surface area contributed by atoms with Crippen LogP contribution in [0, 0.1) is 0 Å². The molecule has 1 saturated carbocycles. The lowest BCUT2D eigenvalue weighted by Gasteiger charge is -2.26. The summed E-state index contributed by atoms with van der Waals surface area (Å²) in [4.78, 5) is 10.9. The van der Waals surface area contributed by atoms with Crippen LogP contribution in [0.15, 0.2) is 27.6 Å². The number of carboxylic acids is 1. The summed E-state index contributed by atoms with van der Waals surface area (Å²) in [7, 11) is -3.84. The zero-order valence-corrected chi connectivity index (χ0v) is 13.5. The molecular weight excluding hydrogens is 362 g/mol. The molecule has 0 saturated heterocycles. The molecule has 2 atom stereocenters. The molecule has 0 aliphatic heterocycles. The first-order valence-electron chi connectivity index (χ1n) is 6.53. The second kappa shape index (κ2) is 6.43. The molecule has 0 radical (unpaired) electrons. The van der Waals surface area contributed by atoms with Gasteiger partial charge in [-0.2, -0.15) is 0 Å². The van der Waals surface area contributed by atoms with Crippen LogP contribution >= 0.6 is 15.9 Å².